The lowest BCUT2D eigenvalue weighted by Crippen LogP contribution is -2.31. The standard InChI is InChI=1S/C18H16ClN3O3/c1-2-21(11-12-7-3-6-10-15(12)22(24)25)18(23)17-16(19)13-8-4-5-9-14(13)20-17/h3-10,20H,2,11H2,1H3. The molecule has 6 nitrogen and oxygen atoms in total. The van der Waals surface area contributed by atoms with Crippen LogP contribution in [0.1, 0.15) is 23.0 Å². The summed E-state index contributed by atoms with van der Waals surface area (Å²) in [5, 5.41) is 12.3. The Labute approximate surface area is 149 Å². The van der Waals surface area contributed by atoms with E-state index in [2.05, 4.69) is 4.98 Å². The van der Waals surface area contributed by atoms with Crippen molar-refractivity contribution in [2.75, 3.05) is 6.54 Å². The summed E-state index contributed by atoms with van der Waals surface area (Å²) in [7, 11) is 0. The molecule has 1 aromatic heterocycles. The number of aromatic nitrogens is 1. The van der Waals surface area contributed by atoms with Crippen molar-refractivity contribution >= 4 is 34.1 Å². The van der Waals surface area contributed by atoms with Crippen LogP contribution in [0.3, 0.4) is 0 Å². The van der Waals surface area contributed by atoms with Gasteiger partial charge in [0.2, 0.25) is 0 Å². The maximum atomic E-state index is 12.9. The van der Waals surface area contributed by atoms with E-state index in [1.54, 1.807) is 18.2 Å². The number of para-hydroxylation sites is 2. The number of benzene rings is 2. The highest BCUT2D eigenvalue weighted by Crippen LogP contribution is 2.29. The predicted molar refractivity (Wildman–Crippen MR) is 96.8 cm³/mol. The van der Waals surface area contributed by atoms with Crippen molar-refractivity contribution in [1.29, 1.82) is 0 Å². The first-order valence-electron chi connectivity index (χ1n) is 7.80. The van der Waals surface area contributed by atoms with Gasteiger partial charge in [-0.1, -0.05) is 48.0 Å². The highest BCUT2D eigenvalue weighted by Gasteiger charge is 2.23. The van der Waals surface area contributed by atoms with Gasteiger partial charge in [-0.05, 0) is 13.0 Å². The van der Waals surface area contributed by atoms with Gasteiger partial charge in [0.25, 0.3) is 11.6 Å². The van der Waals surface area contributed by atoms with E-state index in [-0.39, 0.29) is 18.1 Å². The Bertz CT molecular complexity index is 952. The number of nitrogens with one attached hydrogen (secondary N) is 1. The van der Waals surface area contributed by atoms with E-state index in [1.807, 2.05) is 31.2 Å². The molecule has 3 rings (SSSR count). The number of halogens is 1. The van der Waals surface area contributed by atoms with E-state index >= 15 is 0 Å². The number of carbonyl (C=O) groups excluding carboxylic acids is 1. The molecule has 1 N–H and O–H groups in total. The molecule has 0 aliphatic rings. The number of nitro benzene ring substituents is 1. The van der Waals surface area contributed by atoms with Crippen molar-refractivity contribution < 1.29 is 9.72 Å². The van der Waals surface area contributed by atoms with Crippen LogP contribution in [0.25, 0.3) is 10.9 Å². The first-order valence-corrected chi connectivity index (χ1v) is 8.18. The third-order valence-electron chi connectivity index (χ3n) is 4.08. The van der Waals surface area contributed by atoms with Gasteiger partial charge in [0.1, 0.15) is 5.69 Å². The smallest absolute Gasteiger partial charge is 0.274 e. The average Bonchev–Trinajstić information content (AvgIpc) is 2.96. The molecule has 0 fully saturated rings. The number of nitrogens with zero attached hydrogens (tertiary/aromatic N) is 2. The summed E-state index contributed by atoms with van der Waals surface area (Å²) >= 11 is 6.35. The largest absolute Gasteiger partial charge is 0.349 e. The molecule has 0 saturated carbocycles. The molecule has 0 radical (unpaired) electrons. The minimum Gasteiger partial charge on any atom is -0.349 e. The summed E-state index contributed by atoms with van der Waals surface area (Å²) < 4.78 is 0. The first kappa shape index (κ1) is 17.0. The van der Waals surface area contributed by atoms with Crippen molar-refractivity contribution in [2.24, 2.45) is 0 Å². The molecular weight excluding hydrogens is 342 g/mol. The zero-order valence-electron chi connectivity index (χ0n) is 13.5. The molecule has 3 aromatic rings. The van der Waals surface area contributed by atoms with Gasteiger partial charge < -0.3 is 9.88 Å². The highest BCUT2D eigenvalue weighted by atomic mass is 35.5. The van der Waals surface area contributed by atoms with E-state index in [1.165, 1.54) is 11.0 Å². The third kappa shape index (κ3) is 3.21. The number of rotatable bonds is 5. The minimum absolute atomic E-state index is 0.00325. The number of aromatic amines is 1. The fourth-order valence-corrected chi connectivity index (χ4v) is 3.06. The number of H-pyrrole nitrogens is 1. The maximum absolute atomic E-state index is 12.9. The van der Waals surface area contributed by atoms with Crippen LogP contribution in [-0.2, 0) is 6.54 Å². The van der Waals surface area contributed by atoms with Gasteiger partial charge in [0.15, 0.2) is 0 Å². The number of hydrogen-bond acceptors (Lipinski definition) is 3. The van der Waals surface area contributed by atoms with E-state index in [0.29, 0.717) is 22.8 Å². The Hall–Kier alpha value is -2.86. The predicted octanol–water partition coefficient (Wildman–Crippen LogP) is 4.39. The zero-order chi connectivity index (χ0) is 18.0. The van der Waals surface area contributed by atoms with Gasteiger partial charge in [-0.15, -0.1) is 0 Å². The average molecular weight is 358 g/mol. The maximum Gasteiger partial charge on any atom is 0.274 e. The van der Waals surface area contributed by atoms with Crippen molar-refractivity contribution in [3.63, 3.8) is 0 Å². The summed E-state index contributed by atoms with van der Waals surface area (Å²) in [6, 6.07) is 13.8. The Morgan fingerprint density at radius 3 is 2.56 bits per heavy atom. The fourth-order valence-electron chi connectivity index (χ4n) is 2.77. The number of amides is 1. The summed E-state index contributed by atoms with van der Waals surface area (Å²) in [6.45, 7) is 2.36. The van der Waals surface area contributed by atoms with Gasteiger partial charge in [-0.2, -0.15) is 0 Å². The van der Waals surface area contributed by atoms with Gasteiger partial charge in [-0.25, -0.2) is 0 Å². The number of nitro groups is 1. The third-order valence-corrected chi connectivity index (χ3v) is 4.47. The van der Waals surface area contributed by atoms with Crippen molar-refractivity contribution in [3.05, 3.63) is 74.9 Å². The highest BCUT2D eigenvalue weighted by molar-refractivity contribution is 6.38. The van der Waals surface area contributed by atoms with Crippen LogP contribution in [-0.4, -0.2) is 27.3 Å². The number of fused-ring (bicyclic) bond motifs is 1. The van der Waals surface area contributed by atoms with Crippen LogP contribution in [0.2, 0.25) is 5.02 Å². The molecule has 0 unspecified atom stereocenters. The summed E-state index contributed by atoms with van der Waals surface area (Å²) in [5.41, 5.74) is 1.55. The molecule has 2 aromatic carbocycles. The van der Waals surface area contributed by atoms with Gasteiger partial charge in [0, 0.05) is 29.1 Å². The second-order valence-electron chi connectivity index (χ2n) is 5.56. The number of carbonyl (C=O) groups is 1. The molecular formula is C18H16ClN3O3. The first-order chi connectivity index (χ1) is 12.0. The Kier molecular flexibility index (Phi) is 4.72. The van der Waals surface area contributed by atoms with Crippen LogP contribution in [0.5, 0.6) is 0 Å². The summed E-state index contributed by atoms with van der Waals surface area (Å²) in [5.74, 6) is -0.290. The summed E-state index contributed by atoms with van der Waals surface area (Å²) in [6.07, 6.45) is 0. The zero-order valence-corrected chi connectivity index (χ0v) is 14.3. The molecule has 128 valence electrons. The lowest BCUT2D eigenvalue weighted by molar-refractivity contribution is -0.385. The Morgan fingerprint density at radius 2 is 1.88 bits per heavy atom. The monoisotopic (exact) mass is 357 g/mol. The van der Waals surface area contributed by atoms with E-state index in [4.69, 9.17) is 11.6 Å². The Balaban J connectivity index is 1.94. The molecule has 0 aliphatic carbocycles. The quantitative estimate of drug-likeness (QED) is 0.543. The molecule has 25 heavy (non-hydrogen) atoms. The van der Waals surface area contributed by atoms with Crippen molar-refractivity contribution in [1.82, 2.24) is 9.88 Å². The molecule has 0 aliphatic heterocycles. The van der Waals surface area contributed by atoms with Crippen molar-refractivity contribution in [2.45, 2.75) is 13.5 Å². The van der Waals surface area contributed by atoms with Gasteiger partial charge in [-0.3, -0.25) is 14.9 Å². The second-order valence-corrected chi connectivity index (χ2v) is 5.94. The van der Waals surface area contributed by atoms with Crippen LogP contribution >= 0.6 is 11.6 Å². The molecule has 0 atom stereocenters. The normalized spacial score (nSPS) is 10.8. The summed E-state index contributed by atoms with van der Waals surface area (Å²) in [4.78, 5) is 28.2. The topological polar surface area (TPSA) is 79.2 Å². The van der Waals surface area contributed by atoms with Crippen LogP contribution in [0.4, 0.5) is 5.69 Å². The lowest BCUT2D eigenvalue weighted by Gasteiger charge is -2.20. The lowest BCUT2D eigenvalue weighted by atomic mass is 10.1. The van der Waals surface area contributed by atoms with Crippen LogP contribution in [0.15, 0.2) is 48.5 Å². The molecule has 0 bridgehead atoms. The van der Waals surface area contributed by atoms with Crippen LogP contribution < -0.4 is 0 Å². The van der Waals surface area contributed by atoms with E-state index < -0.39 is 4.92 Å². The number of hydrogen-bond donors (Lipinski definition) is 1. The van der Waals surface area contributed by atoms with E-state index in [0.717, 1.165) is 10.9 Å². The SMILES string of the molecule is CCN(Cc1ccccc1[N+](=O)[O-])C(=O)c1[nH]c2ccccc2c1Cl. The van der Waals surface area contributed by atoms with E-state index in [9.17, 15) is 14.9 Å². The van der Waals surface area contributed by atoms with Crippen LogP contribution in [0, 0.1) is 10.1 Å². The molecule has 1 amide bonds. The van der Waals surface area contributed by atoms with Gasteiger partial charge >= 0.3 is 0 Å². The fraction of sp³-hybridized carbons (Fsp3) is 0.167. The van der Waals surface area contributed by atoms with Gasteiger partial charge in [0.05, 0.1) is 16.5 Å². The molecule has 0 spiro atoms. The van der Waals surface area contributed by atoms with Crippen molar-refractivity contribution in [3.8, 4) is 0 Å². The minimum atomic E-state index is -0.441. The second kappa shape index (κ2) is 6.94. The Morgan fingerprint density at radius 1 is 1.20 bits per heavy atom. The molecule has 0 saturated heterocycles. The molecule has 7 heteroatoms. The molecule has 1 heterocycles.